The van der Waals surface area contributed by atoms with E-state index < -0.39 is 0 Å². The van der Waals surface area contributed by atoms with E-state index in [1.54, 1.807) is 0 Å². The first-order valence-corrected chi connectivity index (χ1v) is 7.56. The van der Waals surface area contributed by atoms with Crippen molar-refractivity contribution in [1.29, 1.82) is 0 Å². The van der Waals surface area contributed by atoms with Gasteiger partial charge in [0, 0.05) is 23.2 Å². The molecule has 2 heteroatoms. The molecule has 94 valence electrons. The molecular formula is C16H18BrN. The van der Waals surface area contributed by atoms with E-state index in [0.717, 1.165) is 4.47 Å². The smallest absolute Gasteiger partial charge is 0.0372 e. The molecule has 0 spiro atoms. The van der Waals surface area contributed by atoms with Gasteiger partial charge in [0.15, 0.2) is 0 Å². The zero-order valence-corrected chi connectivity index (χ0v) is 12.1. The Hall–Kier alpha value is -1.02. The summed E-state index contributed by atoms with van der Waals surface area (Å²) in [6, 6.07) is 13.3. The number of nitrogens with zero attached hydrogens (tertiary/aromatic N) is 1. The summed E-state index contributed by atoms with van der Waals surface area (Å²) in [5.41, 5.74) is 1.38. The fraction of sp³-hybridized carbons (Fsp3) is 0.375. The summed E-state index contributed by atoms with van der Waals surface area (Å²) >= 11 is 3.53. The van der Waals surface area contributed by atoms with Crippen LogP contribution in [0.2, 0.25) is 0 Å². The van der Waals surface area contributed by atoms with Crippen molar-refractivity contribution in [3.63, 3.8) is 0 Å². The molecule has 0 aromatic heterocycles. The Kier molecular flexibility index (Phi) is 3.55. The van der Waals surface area contributed by atoms with Crippen molar-refractivity contribution in [3.8, 4) is 0 Å². The molecule has 0 atom stereocenters. The standard InChI is InChI=1S/C16H18BrN/c17-15-7-5-14-12-16(8-6-13(14)11-15)18-9-3-1-2-4-10-18/h5-8,11-12H,1-4,9-10H2. The van der Waals surface area contributed by atoms with E-state index in [9.17, 15) is 0 Å². The number of rotatable bonds is 1. The van der Waals surface area contributed by atoms with Crippen LogP contribution >= 0.6 is 15.9 Å². The molecule has 0 saturated carbocycles. The van der Waals surface area contributed by atoms with Gasteiger partial charge < -0.3 is 4.90 Å². The highest BCUT2D eigenvalue weighted by atomic mass is 79.9. The SMILES string of the molecule is Brc1ccc2cc(N3CCCCCC3)ccc2c1. The Morgan fingerprint density at radius 3 is 2.22 bits per heavy atom. The average Bonchev–Trinajstić information content (AvgIpc) is 2.67. The number of hydrogen-bond acceptors (Lipinski definition) is 1. The van der Waals surface area contributed by atoms with Crippen molar-refractivity contribution in [1.82, 2.24) is 0 Å². The lowest BCUT2D eigenvalue weighted by Crippen LogP contribution is -2.23. The molecule has 2 aromatic rings. The number of benzene rings is 2. The van der Waals surface area contributed by atoms with E-state index in [-0.39, 0.29) is 0 Å². The molecule has 0 amide bonds. The molecule has 1 aliphatic rings. The average molecular weight is 304 g/mol. The molecule has 3 rings (SSSR count). The maximum atomic E-state index is 3.53. The Balaban J connectivity index is 1.94. The quantitative estimate of drug-likeness (QED) is 0.718. The molecule has 0 N–H and O–H groups in total. The minimum Gasteiger partial charge on any atom is -0.372 e. The van der Waals surface area contributed by atoms with Gasteiger partial charge in [-0.3, -0.25) is 0 Å². The van der Waals surface area contributed by atoms with Gasteiger partial charge in [-0.05, 0) is 47.9 Å². The maximum absolute atomic E-state index is 3.53. The van der Waals surface area contributed by atoms with Crippen molar-refractivity contribution in [2.45, 2.75) is 25.7 Å². The Morgan fingerprint density at radius 2 is 1.44 bits per heavy atom. The Labute approximate surface area is 117 Å². The molecule has 1 aliphatic heterocycles. The third-order valence-electron chi connectivity index (χ3n) is 3.76. The fourth-order valence-electron chi connectivity index (χ4n) is 2.73. The van der Waals surface area contributed by atoms with Gasteiger partial charge in [-0.2, -0.15) is 0 Å². The van der Waals surface area contributed by atoms with Gasteiger partial charge in [-0.1, -0.05) is 40.9 Å². The predicted molar refractivity (Wildman–Crippen MR) is 82.3 cm³/mol. The van der Waals surface area contributed by atoms with Crippen LogP contribution in [-0.2, 0) is 0 Å². The van der Waals surface area contributed by atoms with E-state index in [2.05, 4.69) is 57.2 Å². The third kappa shape index (κ3) is 2.54. The topological polar surface area (TPSA) is 3.24 Å². The molecule has 0 unspecified atom stereocenters. The molecular weight excluding hydrogens is 286 g/mol. The van der Waals surface area contributed by atoms with E-state index in [4.69, 9.17) is 0 Å². The highest BCUT2D eigenvalue weighted by molar-refractivity contribution is 9.10. The summed E-state index contributed by atoms with van der Waals surface area (Å²) in [7, 11) is 0. The lowest BCUT2D eigenvalue weighted by atomic mass is 10.1. The molecule has 0 aliphatic carbocycles. The van der Waals surface area contributed by atoms with Gasteiger partial charge in [0.1, 0.15) is 0 Å². The normalized spacial score (nSPS) is 16.8. The van der Waals surface area contributed by atoms with Gasteiger partial charge in [0.05, 0.1) is 0 Å². The minimum atomic E-state index is 1.15. The van der Waals surface area contributed by atoms with Crippen LogP contribution in [0.25, 0.3) is 10.8 Å². The van der Waals surface area contributed by atoms with E-state index in [1.165, 1.54) is 55.2 Å². The first-order chi connectivity index (χ1) is 8.83. The summed E-state index contributed by atoms with van der Waals surface area (Å²) in [5.74, 6) is 0. The van der Waals surface area contributed by atoms with Crippen LogP contribution in [0, 0.1) is 0 Å². The van der Waals surface area contributed by atoms with Crippen LogP contribution in [0.1, 0.15) is 25.7 Å². The van der Waals surface area contributed by atoms with Crippen LogP contribution < -0.4 is 4.90 Å². The molecule has 2 aromatic carbocycles. The van der Waals surface area contributed by atoms with Gasteiger partial charge in [0.2, 0.25) is 0 Å². The highest BCUT2D eigenvalue weighted by Crippen LogP contribution is 2.26. The lowest BCUT2D eigenvalue weighted by Gasteiger charge is -2.23. The fourth-order valence-corrected chi connectivity index (χ4v) is 3.11. The number of halogens is 1. The summed E-state index contributed by atoms with van der Waals surface area (Å²) in [6.45, 7) is 2.42. The second-order valence-corrected chi connectivity index (χ2v) is 5.99. The summed E-state index contributed by atoms with van der Waals surface area (Å²) in [4.78, 5) is 2.54. The predicted octanol–water partition coefficient (Wildman–Crippen LogP) is 4.98. The van der Waals surface area contributed by atoms with Crippen LogP contribution in [0.5, 0.6) is 0 Å². The molecule has 1 nitrogen and oxygen atoms in total. The first kappa shape index (κ1) is 12.0. The first-order valence-electron chi connectivity index (χ1n) is 6.77. The van der Waals surface area contributed by atoms with E-state index in [1.807, 2.05) is 0 Å². The molecule has 18 heavy (non-hydrogen) atoms. The van der Waals surface area contributed by atoms with Crippen molar-refractivity contribution >= 4 is 32.4 Å². The zero-order chi connectivity index (χ0) is 12.4. The van der Waals surface area contributed by atoms with Gasteiger partial charge in [-0.15, -0.1) is 0 Å². The van der Waals surface area contributed by atoms with Crippen LogP contribution in [0.4, 0.5) is 5.69 Å². The Bertz CT molecular complexity index is 542. The van der Waals surface area contributed by atoms with Crippen molar-refractivity contribution < 1.29 is 0 Å². The monoisotopic (exact) mass is 303 g/mol. The zero-order valence-electron chi connectivity index (χ0n) is 10.5. The van der Waals surface area contributed by atoms with Crippen LogP contribution in [0.15, 0.2) is 40.9 Å². The minimum absolute atomic E-state index is 1.15. The van der Waals surface area contributed by atoms with Gasteiger partial charge >= 0.3 is 0 Å². The van der Waals surface area contributed by atoms with E-state index in [0.29, 0.717) is 0 Å². The highest BCUT2D eigenvalue weighted by Gasteiger charge is 2.10. The largest absolute Gasteiger partial charge is 0.372 e. The summed E-state index contributed by atoms with van der Waals surface area (Å²) in [6.07, 6.45) is 5.44. The molecule has 1 heterocycles. The van der Waals surface area contributed by atoms with Gasteiger partial charge in [0.25, 0.3) is 0 Å². The van der Waals surface area contributed by atoms with Crippen molar-refractivity contribution in [2.75, 3.05) is 18.0 Å². The van der Waals surface area contributed by atoms with Gasteiger partial charge in [-0.25, -0.2) is 0 Å². The van der Waals surface area contributed by atoms with Crippen LogP contribution in [0.3, 0.4) is 0 Å². The molecule has 1 saturated heterocycles. The number of fused-ring (bicyclic) bond motifs is 1. The number of anilines is 1. The molecule has 1 fully saturated rings. The summed E-state index contributed by atoms with van der Waals surface area (Å²) < 4.78 is 1.15. The van der Waals surface area contributed by atoms with E-state index >= 15 is 0 Å². The maximum Gasteiger partial charge on any atom is 0.0372 e. The molecule has 0 radical (unpaired) electrons. The van der Waals surface area contributed by atoms with Crippen LogP contribution in [-0.4, -0.2) is 13.1 Å². The number of hydrogen-bond donors (Lipinski definition) is 0. The van der Waals surface area contributed by atoms with Crippen molar-refractivity contribution in [2.24, 2.45) is 0 Å². The Morgan fingerprint density at radius 1 is 0.778 bits per heavy atom. The third-order valence-corrected chi connectivity index (χ3v) is 4.25. The second-order valence-electron chi connectivity index (χ2n) is 5.08. The lowest BCUT2D eigenvalue weighted by molar-refractivity contribution is 0.726. The van der Waals surface area contributed by atoms with Crippen molar-refractivity contribution in [3.05, 3.63) is 40.9 Å². The second kappa shape index (κ2) is 5.31. The summed E-state index contributed by atoms with van der Waals surface area (Å²) in [5, 5.41) is 2.64. The molecule has 0 bridgehead atoms.